The van der Waals surface area contributed by atoms with E-state index in [1.54, 1.807) is 17.9 Å². The van der Waals surface area contributed by atoms with Crippen molar-refractivity contribution in [2.75, 3.05) is 45.9 Å². The van der Waals surface area contributed by atoms with Crippen LogP contribution in [0.2, 0.25) is 0 Å². The standard InChI is InChI=1S/C25H31N3O5S/c1-20(26-34(30,31)22-10-11-23-24(19-22)33-18-6-17-32-23)25(29)28-15-13-27(14-16-28)12-5-9-21-7-3-2-4-8-21/h2-5,7-11,19-20,26H,6,12-18H2,1H3/b9-5+/t20-/m1/s1. The largest absolute Gasteiger partial charge is 0.490 e. The maximum atomic E-state index is 12.9. The molecule has 1 fully saturated rings. The van der Waals surface area contributed by atoms with Gasteiger partial charge in [-0.3, -0.25) is 9.69 Å². The minimum absolute atomic E-state index is 0.0476. The molecule has 0 spiro atoms. The van der Waals surface area contributed by atoms with Gasteiger partial charge in [0.2, 0.25) is 15.9 Å². The molecule has 9 heteroatoms. The molecule has 0 unspecified atom stereocenters. The summed E-state index contributed by atoms with van der Waals surface area (Å²) in [5, 5.41) is 0. The summed E-state index contributed by atoms with van der Waals surface area (Å²) in [6, 6.07) is 13.8. The summed E-state index contributed by atoms with van der Waals surface area (Å²) in [6.07, 6.45) is 4.95. The zero-order valence-corrected chi connectivity index (χ0v) is 20.2. The van der Waals surface area contributed by atoms with Crippen molar-refractivity contribution in [1.29, 1.82) is 0 Å². The van der Waals surface area contributed by atoms with Gasteiger partial charge in [-0.05, 0) is 24.6 Å². The Morgan fingerprint density at radius 1 is 1.03 bits per heavy atom. The van der Waals surface area contributed by atoms with E-state index in [0.29, 0.717) is 37.8 Å². The van der Waals surface area contributed by atoms with E-state index in [1.807, 2.05) is 18.2 Å². The Kier molecular flexibility index (Phi) is 7.87. The number of nitrogens with one attached hydrogen (secondary N) is 1. The molecule has 182 valence electrons. The predicted octanol–water partition coefficient (Wildman–Crippen LogP) is 2.37. The van der Waals surface area contributed by atoms with Crippen molar-refractivity contribution < 1.29 is 22.7 Å². The van der Waals surface area contributed by atoms with E-state index in [1.165, 1.54) is 12.1 Å². The van der Waals surface area contributed by atoms with E-state index < -0.39 is 16.1 Å². The number of amides is 1. The molecule has 0 radical (unpaired) electrons. The van der Waals surface area contributed by atoms with Gasteiger partial charge in [0.05, 0.1) is 24.2 Å². The van der Waals surface area contributed by atoms with Crippen LogP contribution >= 0.6 is 0 Å². The van der Waals surface area contributed by atoms with Gasteiger partial charge < -0.3 is 14.4 Å². The Labute approximate surface area is 201 Å². The van der Waals surface area contributed by atoms with Gasteiger partial charge in [-0.2, -0.15) is 4.72 Å². The average Bonchev–Trinajstić information content (AvgIpc) is 3.09. The van der Waals surface area contributed by atoms with Crippen LogP contribution in [0.1, 0.15) is 18.9 Å². The normalized spacial score (nSPS) is 18.0. The summed E-state index contributed by atoms with van der Waals surface area (Å²) < 4.78 is 39.5. The molecule has 0 saturated carbocycles. The lowest BCUT2D eigenvalue weighted by molar-refractivity contribution is -0.134. The number of fused-ring (bicyclic) bond motifs is 1. The summed E-state index contributed by atoms with van der Waals surface area (Å²) >= 11 is 0. The molecule has 0 aromatic heterocycles. The lowest BCUT2D eigenvalue weighted by atomic mass is 10.2. The highest BCUT2D eigenvalue weighted by Crippen LogP contribution is 2.31. The second-order valence-corrected chi connectivity index (χ2v) is 10.2. The minimum Gasteiger partial charge on any atom is -0.490 e. The third-order valence-corrected chi connectivity index (χ3v) is 7.43. The quantitative estimate of drug-likeness (QED) is 0.648. The zero-order valence-electron chi connectivity index (χ0n) is 19.4. The fourth-order valence-electron chi connectivity index (χ4n) is 3.99. The number of ether oxygens (including phenoxy) is 2. The fourth-order valence-corrected chi connectivity index (χ4v) is 5.20. The SMILES string of the molecule is C[C@@H](NS(=O)(=O)c1ccc2c(c1)OCCCO2)C(=O)N1CCN(C/C=C/c2ccccc2)CC1. The van der Waals surface area contributed by atoms with Gasteiger partial charge >= 0.3 is 0 Å². The molecule has 0 bridgehead atoms. The zero-order chi connectivity index (χ0) is 24.0. The number of hydrogen-bond donors (Lipinski definition) is 1. The van der Waals surface area contributed by atoms with Crippen LogP contribution in [0.5, 0.6) is 11.5 Å². The van der Waals surface area contributed by atoms with Crippen LogP contribution in [0.4, 0.5) is 0 Å². The molecule has 1 saturated heterocycles. The van der Waals surface area contributed by atoms with Crippen molar-refractivity contribution in [2.45, 2.75) is 24.3 Å². The molecule has 8 nitrogen and oxygen atoms in total. The number of sulfonamides is 1. The smallest absolute Gasteiger partial charge is 0.241 e. The number of carbonyl (C=O) groups is 1. The third kappa shape index (κ3) is 6.16. The molecule has 2 aromatic rings. The maximum absolute atomic E-state index is 12.9. The van der Waals surface area contributed by atoms with Crippen molar-refractivity contribution >= 4 is 22.0 Å². The third-order valence-electron chi connectivity index (χ3n) is 5.89. The van der Waals surface area contributed by atoms with Crippen molar-refractivity contribution in [3.63, 3.8) is 0 Å². The maximum Gasteiger partial charge on any atom is 0.241 e. The summed E-state index contributed by atoms with van der Waals surface area (Å²) in [5.41, 5.74) is 1.16. The number of rotatable bonds is 7. The van der Waals surface area contributed by atoms with Crippen molar-refractivity contribution in [1.82, 2.24) is 14.5 Å². The molecule has 2 aliphatic heterocycles. The van der Waals surface area contributed by atoms with Crippen molar-refractivity contribution in [2.24, 2.45) is 0 Å². The Bertz CT molecular complexity index is 1110. The molecule has 34 heavy (non-hydrogen) atoms. The first-order valence-corrected chi connectivity index (χ1v) is 13.1. The lowest BCUT2D eigenvalue weighted by Crippen LogP contribution is -2.54. The highest BCUT2D eigenvalue weighted by molar-refractivity contribution is 7.89. The molecule has 2 aliphatic rings. The first-order chi connectivity index (χ1) is 16.4. The van der Waals surface area contributed by atoms with E-state index in [4.69, 9.17) is 9.47 Å². The van der Waals surface area contributed by atoms with Gasteiger partial charge in [0.25, 0.3) is 0 Å². The molecular weight excluding hydrogens is 454 g/mol. The summed E-state index contributed by atoms with van der Waals surface area (Å²) in [5.74, 6) is 0.700. The average molecular weight is 486 g/mol. The van der Waals surface area contributed by atoms with Crippen molar-refractivity contribution in [3.8, 4) is 11.5 Å². The minimum atomic E-state index is -3.89. The molecule has 0 aliphatic carbocycles. The summed E-state index contributed by atoms with van der Waals surface area (Å²) in [7, 11) is -3.89. The molecule has 4 rings (SSSR count). The van der Waals surface area contributed by atoms with Crippen LogP contribution in [0.15, 0.2) is 59.5 Å². The van der Waals surface area contributed by atoms with Gasteiger partial charge in [-0.25, -0.2) is 8.42 Å². The van der Waals surface area contributed by atoms with Crippen LogP contribution in [-0.2, 0) is 14.8 Å². The Morgan fingerprint density at radius 3 is 2.47 bits per heavy atom. The lowest BCUT2D eigenvalue weighted by Gasteiger charge is -2.35. The van der Waals surface area contributed by atoms with E-state index in [-0.39, 0.29) is 10.8 Å². The van der Waals surface area contributed by atoms with Crippen LogP contribution < -0.4 is 14.2 Å². The van der Waals surface area contributed by atoms with E-state index >= 15 is 0 Å². The molecule has 1 atom stereocenters. The Balaban J connectivity index is 1.29. The monoisotopic (exact) mass is 485 g/mol. The number of benzene rings is 2. The van der Waals surface area contributed by atoms with Crippen LogP contribution in [-0.4, -0.2) is 76.1 Å². The fraction of sp³-hybridized carbons (Fsp3) is 0.400. The number of hydrogen-bond acceptors (Lipinski definition) is 6. The number of nitrogens with zero attached hydrogens (tertiary/aromatic N) is 2. The number of piperazine rings is 1. The second-order valence-electron chi connectivity index (χ2n) is 8.44. The van der Waals surface area contributed by atoms with E-state index in [2.05, 4.69) is 33.9 Å². The van der Waals surface area contributed by atoms with Crippen LogP contribution in [0, 0.1) is 0 Å². The highest BCUT2D eigenvalue weighted by Gasteiger charge is 2.28. The Hall–Kier alpha value is -2.88. The van der Waals surface area contributed by atoms with E-state index in [0.717, 1.165) is 31.6 Å². The van der Waals surface area contributed by atoms with Gasteiger partial charge in [-0.1, -0.05) is 42.5 Å². The Morgan fingerprint density at radius 2 is 1.74 bits per heavy atom. The van der Waals surface area contributed by atoms with Crippen LogP contribution in [0.25, 0.3) is 6.08 Å². The molecule has 1 amide bonds. The van der Waals surface area contributed by atoms with Gasteiger partial charge in [-0.15, -0.1) is 0 Å². The van der Waals surface area contributed by atoms with Gasteiger partial charge in [0.1, 0.15) is 0 Å². The number of carbonyl (C=O) groups excluding carboxylic acids is 1. The first kappa shape index (κ1) is 24.3. The summed E-state index contributed by atoms with van der Waals surface area (Å²) in [6.45, 7) is 5.99. The molecule has 2 aromatic carbocycles. The molecule has 1 N–H and O–H groups in total. The predicted molar refractivity (Wildman–Crippen MR) is 130 cm³/mol. The second kappa shape index (κ2) is 11.0. The van der Waals surface area contributed by atoms with Crippen LogP contribution in [0.3, 0.4) is 0 Å². The first-order valence-electron chi connectivity index (χ1n) is 11.6. The molecule has 2 heterocycles. The topological polar surface area (TPSA) is 88.2 Å². The highest BCUT2D eigenvalue weighted by atomic mass is 32.2. The molecular formula is C25H31N3O5S. The van der Waals surface area contributed by atoms with E-state index in [9.17, 15) is 13.2 Å². The summed E-state index contributed by atoms with van der Waals surface area (Å²) in [4.78, 5) is 17.0. The van der Waals surface area contributed by atoms with Crippen molar-refractivity contribution in [3.05, 3.63) is 60.2 Å². The van der Waals surface area contributed by atoms with Gasteiger partial charge in [0.15, 0.2) is 11.5 Å². The van der Waals surface area contributed by atoms with Gasteiger partial charge in [0, 0.05) is 45.2 Å².